The lowest BCUT2D eigenvalue weighted by molar-refractivity contribution is -0.140. The van der Waals surface area contributed by atoms with Crippen molar-refractivity contribution in [3.05, 3.63) is 35.4 Å². The molecule has 2 aromatic rings. The summed E-state index contributed by atoms with van der Waals surface area (Å²) in [5, 5.41) is 5.05. The fourth-order valence-corrected chi connectivity index (χ4v) is 2.32. The van der Waals surface area contributed by atoms with Crippen LogP contribution in [0.1, 0.15) is 28.9 Å². The van der Waals surface area contributed by atoms with Crippen LogP contribution in [-0.2, 0) is 16.0 Å². The maximum absolute atomic E-state index is 11.9. The van der Waals surface area contributed by atoms with Crippen LogP contribution in [0.4, 0.5) is 5.13 Å². The highest BCUT2D eigenvalue weighted by atomic mass is 32.1. The van der Waals surface area contributed by atoms with Gasteiger partial charge in [-0.1, -0.05) is 0 Å². The summed E-state index contributed by atoms with van der Waals surface area (Å²) < 4.78 is 4.57. The molecule has 0 atom stereocenters. The third kappa shape index (κ3) is 4.60. The monoisotopic (exact) mass is 306 g/mol. The summed E-state index contributed by atoms with van der Waals surface area (Å²) in [7, 11) is 1.37. The zero-order chi connectivity index (χ0) is 15.1. The summed E-state index contributed by atoms with van der Waals surface area (Å²) in [6.07, 6.45) is 5.92. The molecule has 2 heterocycles. The number of nitrogens with zero attached hydrogens (tertiary/aromatic N) is 3. The number of hydrogen-bond acceptors (Lipinski definition) is 7. The molecule has 0 aromatic carbocycles. The van der Waals surface area contributed by atoms with Gasteiger partial charge in [-0.2, -0.15) is 0 Å². The van der Waals surface area contributed by atoms with Gasteiger partial charge in [0.15, 0.2) is 5.13 Å². The standard InChI is InChI=1S/C13H14N4O3S/c1-20-11(18)4-2-3-10-7-21-13(16-10)17-12(19)9-5-14-8-15-6-9/h5-8H,2-4H2,1H3,(H,16,17,19). The van der Waals surface area contributed by atoms with E-state index in [2.05, 4.69) is 25.0 Å². The molecule has 110 valence electrons. The van der Waals surface area contributed by atoms with Crippen molar-refractivity contribution in [3.63, 3.8) is 0 Å². The van der Waals surface area contributed by atoms with E-state index in [1.165, 1.54) is 37.2 Å². The highest BCUT2D eigenvalue weighted by Gasteiger charge is 2.10. The number of hydrogen-bond donors (Lipinski definition) is 1. The third-order valence-corrected chi connectivity index (χ3v) is 3.44. The van der Waals surface area contributed by atoms with Crippen LogP contribution in [0.5, 0.6) is 0 Å². The first-order valence-corrected chi connectivity index (χ1v) is 7.14. The predicted molar refractivity (Wildman–Crippen MR) is 77.1 cm³/mol. The Kier molecular flexibility index (Phi) is 5.33. The van der Waals surface area contributed by atoms with Gasteiger partial charge in [-0.05, 0) is 12.8 Å². The highest BCUT2D eigenvalue weighted by Crippen LogP contribution is 2.17. The molecule has 7 nitrogen and oxygen atoms in total. The smallest absolute Gasteiger partial charge is 0.305 e. The number of ether oxygens (including phenoxy) is 1. The molecule has 2 aromatic heterocycles. The number of carbonyl (C=O) groups is 2. The number of rotatable bonds is 6. The van der Waals surface area contributed by atoms with E-state index in [4.69, 9.17) is 0 Å². The van der Waals surface area contributed by atoms with Crippen LogP contribution in [-0.4, -0.2) is 33.9 Å². The van der Waals surface area contributed by atoms with Gasteiger partial charge < -0.3 is 4.74 Å². The Morgan fingerprint density at radius 3 is 2.81 bits per heavy atom. The molecular formula is C13H14N4O3S. The van der Waals surface area contributed by atoms with Crippen molar-refractivity contribution < 1.29 is 14.3 Å². The molecule has 0 fully saturated rings. The first kappa shape index (κ1) is 15.0. The summed E-state index contributed by atoms with van der Waals surface area (Å²) in [6, 6.07) is 0. The van der Waals surface area contributed by atoms with Gasteiger partial charge >= 0.3 is 5.97 Å². The third-order valence-electron chi connectivity index (χ3n) is 2.64. The number of esters is 1. The molecule has 0 bridgehead atoms. The average Bonchev–Trinajstić information content (AvgIpc) is 2.95. The van der Waals surface area contributed by atoms with Gasteiger partial charge in [0.25, 0.3) is 5.91 Å². The van der Waals surface area contributed by atoms with E-state index in [1.807, 2.05) is 5.38 Å². The van der Waals surface area contributed by atoms with Gasteiger partial charge in [-0.3, -0.25) is 14.9 Å². The molecule has 0 aliphatic carbocycles. The van der Waals surface area contributed by atoms with E-state index < -0.39 is 0 Å². The van der Waals surface area contributed by atoms with Gasteiger partial charge in [-0.25, -0.2) is 15.0 Å². The van der Waals surface area contributed by atoms with Gasteiger partial charge in [-0.15, -0.1) is 11.3 Å². The molecule has 2 rings (SSSR count). The number of amides is 1. The molecule has 0 saturated heterocycles. The molecule has 0 aliphatic heterocycles. The van der Waals surface area contributed by atoms with Crippen molar-refractivity contribution in [2.75, 3.05) is 12.4 Å². The molecular weight excluding hydrogens is 292 g/mol. The van der Waals surface area contributed by atoms with Crippen LogP contribution >= 0.6 is 11.3 Å². The summed E-state index contributed by atoms with van der Waals surface area (Å²) in [6.45, 7) is 0. The number of carbonyl (C=O) groups excluding carboxylic acids is 2. The van der Waals surface area contributed by atoms with Gasteiger partial charge in [0, 0.05) is 24.2 Å². The van der Waals surface area contributed by atoms with Crippen LogP contribution in [0.2, 0.25) is 0 Å². The molecule has 0 spiro atoms. The van der Waals surface area contributed by atoms with Crippen molar-refractivity contribution in [1.82, 2.24) is 15.0 Å². The summed E-state index contributed by atoms with van der Waals surface area (Å²) in [5.41, 5.74) is 1.21. The minimum atomic E-state index is -0.300. The number of methoxy groups -OCH3 is 1. The lowest BCUT2D eigenvalue weighted by Gasteiger charge is -2.00. The second kappa shape index (κ2) is 7.44. The highest BCUT2D eigenvalue weighted by molar-refractivity contribution is 7.13. The zero-order valence-corrected chi connectivity index (χ0v) is 12.2. The van der Waals surface area contributed by atoms with Gasteiger partial charge in [0.2, 0.25) is 0 Å². The molecule has 0 saturated carbocycles. The van der Waals surface area contributed by atoms with Crippen molar-refractivity contribution in [3.8, 4) is 0 Å². The van der Waals surface area contributed by atoms with E-state index in [9.17, 15) is 9.59 Å². The fraction of sp³-hybridized carbons (Fsp3) is 0.308. The Labute approximate surface area is 125 Å². The molecule has 0 radical (unpaired) electrons. The predicted octanol–water partition coefficient (Wildman–Crippen LogP) is 1.68. The van der Waals surface area contributed by atoms with Gasteiger partial charge in [0.05, 0.1) is 18.4 Å². The van der Waals surface area contributed by atoms with Crippen molar-refractivity contribution in [2.45, 2.75) is 19.3 Å². The quantitative estimate of drug-likeness (QED) is 0.816. The molecule has 21 heavy (non-hydrogen) atoms. The molecule has 1 amide bonds. The van der Waals surface area contributed by atoms with Crippen molar-refractivity contribution >= 4 is 28.3 Å². The van der Waals surface area contributed by atoms with Gasteiger partial charge in [0.1, 0.15) is 6.33 Å². The van der Waals surface area contributed by atoms with Crippen LogP contribution in [0.3, 0.4) is 0 Å². The Hall–Kier alpha value is -2.35. The van der Waals surface area contributed by atoms with Crippen LogP contribution < -0.4 is 5.32 Å². The molecule has 0 unspecified atom stereocenters. The largest absolute Gasteiger partial charge is 0.469 e. The van der Waals surface area contributed by atoms with Crippen LogP contribution in [0, 0.1) is 0 Å². The molecule has 8 heteroatoms. The number of aryl methyl sites for hydroxylation is 1. The fourth-order valence-electron chi connectivity index (χ4n) is 1.58. The number of nitrogens with one attached hydrogen (secondary N) is 1. The normalized spacial score (nSPS) is 10.1. The SMILES string of the molecule is COC(=O)CCCc1csc(NC(=O)c2cncnc2)n1. The first-order valence-electron chi connectivity index (χ1n) is 6.26. The van der Waals surface area contributed by atoms with Crippen LogP contribution in [0.15, 0.2) is 24.1 Å². The van der Waals surface area contributed by atoms with E-state index in [-0.39, 0.29) is 11.9 Å². The lowest BCUT2D eigenvalue weighted by atomic mass is 10.2. The number of aromatic nitrogens is 3. The van der Waals surface area contributed by atoms with E-state index in [1.54, 1.807) is 0 Å². The van der Waals surface area contributed by atoms with E-state index in [0.717, 1.165) is 5.69 Å². The maximum Gasteiger partial charge on any atom is 0.305 e. The van der Waals surface area contributed by atoms with E-state index in [0.29, 0.717) is 30.0 Å². The topological polar surface area (TPSA) is 94.1 Å². The van der Waals surface area contributed by atoms with Crippen molar-refractivity contribution in [2.24, 2.45) is 0 Å². The number of anilines is 1. The Morgan fingerprint density at radius 1 is 1.33 bits per heavy atom. The zero-order valence-electron chi connectivity index (χ0n) is 11.4. The Morgan fingerprint density at radius 2 is 2.10 bits per heavy atom. The second-order valence-corrected chi connectivity index (χ2v) is 5.01. The minimum Gasteiger partial charge on any atom is -0.469 e. The summed E-state index contributed by atoms with van der Waals surface area (Å²) in [4.78, 5) is 34.7. The summed E-state index contributed by atoms with van der Waals surface area (Å²) >= 11 is 1.34. The maximum atomic E-state index is 11.9. The van der Waals surface area contributed by atoms with Crippen molar-refractivity contribution in [1.29, 1.82) is 0 Å². The second-order valence-electron chi connectivity index (χ2n) is 4.15. The molecule has 1 N–H and O–H groups in total. The van der Waals surface area contributed by atoms with Crippen LogP contribution in [0.25, 0.3) is 0 Å². The molecule has 0 aliphatic rings. The first-order chi connectivity index (χ1) is 10.2. The average molecular weight is 306 g/mol. The number of thiazole rings is 1. The Balaban J connectivity index is 1.85. The minimum absolute atomic E-state index is 0.233. The summed E-state index contributed by atoms with van der Waals surface area (Å²) in [5.74, 6) is -0.533. The van der Waals surface area contributed by atoms with E-state index >= 15 is 0 Å². The Bertz CT molecular complexity index is 615. The lowest BCUT2D eigenvalue weighted by Crippen LogP contribution is -2.12.